The first-order valence-electron chi connectivity index (χ1n) is 13.9. The van der Waals surface area contributed by atoms with E-state index in [1.807, 2.05) is 39.8 Å². The summed E-state index contributed by atoms with van der Waals surface area (Å²) >= 11 is 0. The second-order valence-corrected chi connectivity index (χ2v) is 11.7. The second kappa shape index (κ2) is 26.8. The van der Waals surface area contributed by atoms with Gasteiger partial charge in [0, 0.05) is 24.5 Å². The monoisotopic (exact) mass is 698 g/mol. The highest BCUT2D eigenvalue weighted by Crippen LogP contribution is 2.21. The average molecular weight is 698 g/mol. The SMILES string of the molecule is C.C.C.C.C.C.C.CC(C)(C)OC(=O)Nc1cc(C=O)ccn1.CCOC(=O)C1CCN(Cc2ccnc(NC(=O)OC(C)(C)C)c2)CC1. The number of aromatic nitrogens is 2. The largest absolute Gasteiger partial charge is 0.466 e. The van der Waals surface area contributed by atoms with Crippen LogP contribution in [0.1, 0.15) is 129 Å². The van der Waals surface area contributed by atoms with Gasteiger partial charge in [-0.2, -0.15) is 0 Å². The quantitative estimate of drug-likeness (QED) is 0.163. The number of carbonyl (C=O) groups is 4. The third-order valence-corrected chi connectivity index (χ3v) is 5.62. The molecule has 0 radical (unpaired) electrons. The molecule has 1 aliphatic rings. The molecule has 0 unspecified atom stereocenters. The summed E-state index contributed by atoms with van der Waals surface area (Å²) in [7, 11) is 0. The summed E-state index contributed by atoms with van der Waals surface area (Å²) in [5.41, 5.74) is 0.388. The zero-order chi connectivity index (χ0) is 31.3. The van der Waals surface area contributed by atoms with E-state index in [2.05, 4.69) is 25.5 Å². The molecule has 3 heterocycles. The number of rotatable bonds is 7. The zero-order valence-electron chi connectivity index (χ0n) is 25.6. The van der Waals surface area contributed by atoms with Crippen molar-refractivity contribution < 1.29 is 33.4 Å². The zero-order valence-corrected chi connectivity index (χ0v) is 25.6. The minimum Gasteiger partial charge on any atom is -0.466 e. The summed E-state index contributed by atoms with van der Waals surface area (Å²) in [5, 5.41) is 5.10. The van der Waals surface area contributed by atoms with E-state index in [1.54, 1.807) is 33.0 Å². The molecule has 0 saturated carbocycles. The summed E-state index contributed by atoms with van der Waals surface area (Å²) in [6, 6.07) is 6.79. The second-order valence-electron chi connectivity index (χ2n) is 11.7. The smallest absolute Gasteiger partial charge is 0.413 e. The molecule has 2 N–H and O–H groups in total. The van der Waals surface area contributed by atoms with Crippen LogP contribution in [0.2, 0.25) is 0 Å². The van der Waals surface area contributed by atoms with Gasteiger partial charge in [0.1, 0.15) is 29.1 Å². The highest BCUT2D eigenvalue weighted by atomic mass is 16.6. The van der Waals surface area contributed by atoms with Gasteiger partial charge < -0.3 is 14.2 Å². The van der Waals surface area contributed by atoms with E-state index >= 15 is 0 Å². The number of pyridine rings is 2. The third-order valence-electron chi connectivity index (χ3n) is 5.62. The lowest BCUT2D eigenvalue weighted by Gasteiger charge is -2.30. The lowest BCUT2D eigenvalue weighted by Crippen LogP contribution is -2.36. The van der Waals surface area contributed by atoms with Gasteiger partial charge in [-0.05, 0) is 104 Å². The Morgan fingerprint density at radius 3 is 1.67 bits per heavy atom. The highest BCUT2D eigenvalue weighted by Gasteiger charge is 2.26. The molecule has 49 heavy (non-hydrogen) atoms. The maximum absolute atomic E-state index is 11.9. The van der Waals surface area contributed by atoms with Gasteiger partial charge in [-0.25, -0.2) is 19.6 Å². The summed E-state index contributed by atoms with van der Waals surface area (Å²) in [6.45, 7) is 15.5. The van der Waals surface area contributed by atoms with Crippen LogP contribution < -0.4 is 10.6 Å². The van der Waals surface area contributed by atoms with Crippen molar-refractivity contribution in [1.29, 1.82) is 0 Å². The van der Waals surface area contributed by atoms with E-state index in [0.29, 0.717) is 30.1 Å². The number of nitrogens with one attached hydrogen (secondary N) is 2. The Bertz CT molecular complexity index is 1200. The van der Waals surface area contributed by atoms with E-state index in [0.717, 1.165) is 38.0 Å². The molecule has 12 heteroatoms. The number of aldehydes is 1. The van der Waals surface area contributed by atoms with Gasteiger partial charge in [0.2, 0.25) is 0 Å². The Kier molecular flexibility index (Phi) is 31.3. The Morgan fingerprint density at radius 2 is 1.24 bits per heavy atom. The van der Waals surface area contributed by atoms with E-state index in [9.17, 15) is 19.2 Å². The molecule has 2 aromatic rings. The standard InChI is InChI=1S/C19H29N3O4.C11H14N2O3.7CH4/c1-5-25-17(23)15-7-10-22(11-8-15)13-14-6-9-20-16(12-14)21-18(24)26-19(2,3)4;1-11(2,3)16-10(15)13-9-6-8(7-14)4-5-12-9;;;;;;;/h6,9,12,15H,5,7-8,10-11,13H2,1-4H3,(H,20,21,24);4-7H,1-3H3,(H,12,13,15);7*1H4. The van der Waals surface area contributed by atoms with Gasteiger partial charge in [-0.1, -0.05) is 52.0 Å². The fourth-order valence-electron chi connectivity index (χ4n) is 3.89. The maximum Gasteiger partial charge on any atom is 0.413 e. The van der Waals surface area contributed by atoms with Gasteiger partial charge in [0.25, 0.3) is 0 Å². The maximum atomic E-state index is 11.9. The van der Waals surface area contributed by atoms with Crippen molar-refractivity contribution in [2.45, 2.75) is 131 Å². The normalized spacial score (nSPS) is 12.1. The summed E-state index contributed by atoms with van der Waals surface area (Å²) in [6.07, 6.45) is 4.31. The molecule has 0 atom stereocenters. The van der Waals surface area contributed by atoms with Gasteiger partial charge in [0.15, 0.2) is 0 Å². The first-order chi connectivity index (χ1) is 19.7. The van der Waals surface area contributed by atoms with Crippen LogP contribution in [-0.4, -0.2) is 70.2 Å². The van der Waals surface area contributed by atoms with Gasteiger partial charge >= 0.3 is 18.2 Å². The van der Waals surface area contributed by atoms with Crippen molar-refractivity contribution in [1.82, 2.24) is 14.9 Å². The molecule has 1 aliphatic heterocycles. The number of amides is 2. The Hall–Kier alpha value is -4.06. The molecular formula is C37H71N5O7. The minimum atomic E-state index is -0.594. The predicted octanol–water partition coefficient (Wildman–Crippen LogP) is 9.90. The van der Waals surface area contributed by atoms with Crippen LogP contribution in [0.15, 0.2) is 36.7 Å². The number of likely N-dealkylation sites (tertiary alicyclic amines) is 1. The minimum absolute atomic E-state index is 0. The fraction of sp³-hybridized carbons (Fsp3) is 0.622. The number of hydrogen-bond donors (Lipinski definition) is 2. The van der Waals surface area contributed by atoms with Crippen molar-refractivity contribution in [2.24, 2.45) is 5.92 Å². The molecule has 0 bridgehead atoms. The summed E-state index contributed by atoms with van der Waals surface area (Å²) in [4.78, 5) is 55.9. The molecule has 2 aromatic heterocycles. The lowest BCUT2D eigenvalue weighted by molar-refractivity contribution is -0.149. The number of ether oxygens (including phenoxy) is 3. The van der Waals surface area contributed by atoms with Crippen molar-refractivity contribution in [3.8, 4) is 0 Å². The first kappa shape index (κ1) is 57.2. The molecule has 1 fully saturated rings. The van der Waals surface area contributed by atoms with Crippen LogP contribution in [0.5, 0.6) is 0 Å². The van der Waals surface area contributed by atoms with Gasteiger partial charge in [0.05, 0.1) is 12.5 Å². The van der Waals surface area contributed by atoms with Crippen LogP contribution >= 0.6 is 0 Å². The number of esters is 1. The molecule has 3 rings (SSSR count). The first-order valence-corrected chi connectivity index (χ1v) is 13.9. The molecule has 0 spiro atoms. The molecule has 12 nitrogen and oxygen atoms in total. The lowest BCUT2D eigenvalue weighted by atomic mass is 9.97. The predicted molar refractivity (Wildman–Crippen MR) is 205 cm³/mol. The Balaban J connectivity index is -0.000000178. The number of nitrogens with zero attached hydrogens (tertiary/aromatic N) is 3. The fourth-order valence-corrected chi connectivity index (χ4v) is 3.89. The van der Waals surface area contributed by atoms with E-state index in [-0.39, 0.29) is 63.9 Å². The topological polar surface area (TPSA) is 149 Å². The Morgan fingerprint density at radius 1 is 0.796 bits per heavy atom. The summed E-state index contributed by atoms with van der Waals surface area (Å²) in [5.74, 6) is 0.685. The molecular weight excluding hydrogens is 626 g/mol. The third kappa shape index (κ3) is 23.8. The van der Waals surface area contributed by atoms with Crippen molar-refractivity contribution in [2.75, 3.05) is 30.3 Å². The number of anilines is 2. The molecule has 1 saturated heterocycles. The van der Waals surface area contributed by atoms with Crippen LogP contribution in [0.25, 0.3) is 0 Å². The molecule has 286 valence electrons. The average Bonchev–Trinajstić information content (AvgIpc) is 2.87. The van der Waals surface area contributed by atoms with Crippen molar-refractivity contribution >= 4 is 36.1 Å². The Labute approximate surface area is 299 Å². The van der Waals surface area contributed by atoms with Crippen LogP contribution in [0.3, 0.4) is 0 Å². The number of carbonyl (C=O) groups excluding carboxylic acids is 4. The van der Waals surface area contributed by atoms with Crippen LogP contribution in [0.4, 0.5) is 21.2 Å². The van der Waals surface area contributed by atoms with Crippen molar-refractivity contribution in [3.63, 3.8) is 0 Å². The van der Waals surface area contributed by atoms with E-state index in [4.69, 9.17) is 14.2 Å². The van der Waals surface area contributed by atoms with Crippen LogP contribution in [0, 0.1) is 5.92 Å². The van der Waals surface area contributed by atoms with Gasteiger partial charge in [-0.15, -0.1) is 0 Å². The molecule has 0 aromatic carbocycles. The van der Waals surface area contributed by atoms with Crippen molar-refractivity contribution in [3.05, 3.63) is 47.8 Å². The van der Waals surface area contributed by atoms with Gasteiger partial charge in [-0.3, -0.25) is 25.1 Å². The molecule has 0 aliphatic carbocycles. The summed E-state index contributed by atoms with van der Waals surface area (Å²) < 4.78 is 15.4. The van der Waals surface area contributed by atoms with E-state index < -0.39 is 23.4 Å². The van der Waals surface area contributed by atoms with Crippen LogP contribution in [-0.2, 0) is 25.5 Å². The molecule has 2 amide bonds. The number of piperidine rings is 1. The highest BCUT2D eigenvalue weighted by molar-refractivity contribution is 5.85. The number of hydrogen-bond acceptors (Lipinski definition) is 10. The van der Waals surface area contributed by atoms with E-state index in [1.165, 1.54) is 12.3 Å².